The summed E-state index contributed by atoms with van der Waals surface area (Å²) in [5.41, 5.74) is 3.37. The molecule has 0 spiro atoms. The van der Waals surface area contributed by atoms with Gasteiger partial charge in [-0.15, -0.1) is 0 Å². The van der Waals surface area contributed by atoms with E-state index in [-0.39, 0.29) is 11.9 Å². The Balaban J connectivity index is 1.69. The second kappa shape index (κ2) is 5.73. The Labute approximate surface area is 136 Å². The van der Waals surface area contributed by atoms with Gasteiger partial charge in [-0.05, 0) is 60.7 Å². The first-order valence-corrected chi connectivity index (χ1v) is 8.21. The molecule has 2 nitrogen and oxygen atoms in total. The molecule has 2 aromatic carbocycles. The lowest BCUT2D eigenvalue weighted by atomic mass is 9.77. The van der Waals surface area contributed by atoms with Crippen LogP contribution in [0.2, 0.25) is 0 Å². The molecule has 2 aromatic rings. The fourth-order valence-electron chi connectivity index (χ4n) is 3.83. The predicted octanol–water partition coefficient (Wildman–Crippen LogP) is 5.05. The van der Waals surface area contributed by atoms with Gasteiger partial charge in [0.15, 0.2) is 0 Å². The lowest BCUT2D eigenvalue weighted by Gasteiger charge is -2.37. The largest absolute Gasteiger partial charge is 0.494 e. The maximum atomic E-state index is 13.6. The first kappa shape index (κ1) is 14.3. The minimum atomic E-state index is -0.163. The highest BCUT2D eigenvalue weighted by molar-refractivity contribution is 5.59. The van der Waals surface area contributed by atoms with Gasteiger partial charge in [-0.2, -0.15) is 0 Å². The van der Waals surface area contributed by atoms with Crippen molar-refractivity contribution in [3.05, 3.63) is 71.6 Å². The van der Waals surface area contributed by atoms with E-state index < -0.39 is 0 Å². The van der Waals surface area contributed by atoms with E-state index in [1.807, 2.05) is 25.1 Å². The summed E-state index contributed by atoms with van der Waals surface area (Å²) >= 11 is 0. The number of hydrogen-bond acceptors (Lipinski definition) is 2. The number of nitrogens with one attached hydrogen (secondary N) is 1. The molecular weight excluding hydrogens is 289 g/mol. The van der Waals surface area contributed by atoms with Gasteiger partial charge >= 0.3 is 0 Å². The minimum Gasteiger partial charge on any atom is -0.494 e. The van der Waals surface area contributed by atoms with Crippen molar-refractivity contribution in [2.45, 2.75) is 25.3 Å². The van der Waals surface area contributed by atoms with Crippen molar-refractivity contribution in [3.8, 4) is 5.75 Å². The molecule has 0 unspecified atom stereocenters. The number of allylic oxidation sites excluding steroid dienone is 2. The van der Waals surface area contributed by atoms with E-state index in [4.69, 9.17) is 4.74 Å². The van der Waals surface area contributed by atoms with E-state index in [0.717, 1.165) is 23.4 Å². The highest BCUT2D eigenvalue weighted by atomic mass is 19.1. The molecule has 0 saturated carbocycles. The maximum absolute atomic E-state index is 13.6. The van der Waals surface area contributed by atoms with Crippen molar-refractivity contribution < 1.29 is 9.13 Å². The van der Waals surface area contributed by atoms with E-state index in [1.165, 1.54) is 11.6 Å². The Morgan fingerprint density at radius 2 is 2.00 bits per heavy atom. The topological polar surface area (TPSA) is 21.3 Å². The van der Waals surface area contributed by atoms with Crippen LogP contribution in [-0.4, -0.2) is 6.61 Å². The van der Waals surface area contributed by atoms with Crippen molar-refractivity contribution in [2.75, 3.05) is 11.9 Å². The van der Waals surface area contributed by atoms with Crippen molar-refractivity contribution in [3.63, 3.8) is 0 Å². The van der Waals surface area contributed by atoms with Gasteiger partial charge in [0.05, 0.1) is 12.6 Å². The third-order valence-electron chi connectivity index (χ3n) is 4.88. The highest BCUT2D eigenvalue weighted by Gasteiger charge is 2.37. The van der Waals surface area contributed by atoms with Crippen molar-refractivity contribution >= 4 is 5.69 Å². The standard InChI is InChI=1S/C20H20FNO/c1-2-23-15-9-6-13(7-10-15)20-17-5-3-4-16(17)18-12-14(21)8-11-19(18)22-20/h3-4,6-12,16-17,20,22H,2,5H2,1H3/t16-,17+,20+/m1/s1. The van der Waals surface area contributed by atoms with Crippen LogP contribution in [0.5, 0.6) is 5.75 Å². The number of ether oxygens (including phenoxy) is 1. The van der Waals surface area contributed by atoms with Gasteiger partial charge in [0.1, 0.15) is 11.6 Å². The molecule has 0 amide bonds. The van der Waals surface area contributed by atoms with Crippen LogP contribution in [-0.2, 0) is 0 Å². The molecule has 23 heavy (non-hydrogen) atoms. The Morgan fingerprint density at radius 1 is 1.17 bits per heavy atom. The fraction of sp³-hybridized carbons (Fsp3) is 0.300. The molecule has 3 heteroatoms. The zero-order chi connectivity index (χ0) is 15.8. The second-order valence-corrected chi connectivity index (χ2v) is 6.21. The molecule has 0 saturated heterocycles. The normalized spacial score (nSPS) is 24.7. The van der Waals surface area contributed by atoms with Crippen LogP contribution in [0.25, 0.3) is 0 Å². The van der Waals surface area contributed by atoms with Crippen LogP contribution in [0.15, 0.2) is 54.6 Å². The van der Waals surface area contributed by atoms with Crippen LogP contribution < -0.4 is 10.1 Å². The fourth-order valence-corrected chi connectivity index (χ4v) is 3.83. The summed E-state index contributed by atoms with van der Waals surface area (Å²) in [7, 11) is 0. The minimum absolute atomic E-state index is 0.163. The van der Waals surface area contributed by atoms with Crippen molar-refractivity contribution in [1.82, 2.24) is 0 Å². The zero-order valence-corrected chi connectivity index (χ0v) is 13.1. The molecule has 2 aliphatic rings. The average Bonchev–Trinajstić information content (AvgIpc) is 3.05. The summed E-state index contributed by atoms with van der Waals surface area (Å²) in [4.78, 5) is 0. The molecule has 0 aromatic heterocycles. The summed E-state index contributed by atoms with van der Waals surface area (Å²) in [5.74, 6) is 1.46. The van der Waals surface area contributed by atoms with Crippen LogP contribution >= 0.6 is 0 Å². The summed E-state index contributed by atoms with van der Waals surface area (Å²) in [6.07, 6.45) is 5.47. The second-order valence-electron chi connectivity index (χ2n) is 6.21. The van der Waals surface area contributed by atoms with E-state index >= 15 is 0 Å². The highest BCUT2D eigenvalue weighted by Crippen LogP contribution is 2.49. The van der Waals surface area contributed by atoms with Crippen molar-refractivity contribution in [1.29, 1.82) is 0 Å². The molecular formula is C20H20FNO. The van der Waals surface area contributed by atoms with E-state index in [2.05, 4.69) is 29.6 Å². The molecule has 118 valence electrons. The number of anilines is 1. The number of benzene rings is 2. The van der Waals surface area contributed by atoms with Crippen LogP contribution in [0.1, 0.15) is 36.4 Å². The molecule has 1 aliphatic carbocycles. The zero-order valence-electron chi connectivity index (χ0n) is 13.1. The summed E-state index contributed by atoms with van der Waals surface area (Å²) in [5, 5.41) is 3.62. The number of hydrogen-bond donors (Lipinski definition) is 1. The molecule has 0 bridgehead atoms. The maximum Gasteiger partial charge on any atom is 0.123 e. The molecule has 0 fully saturated rings. The first-order chi connectivity index (χ1) is 11.3. The van der Waals surface area contributed by atoms with Crippen molar-refractivity contribution in [2.24, 2.45) is 5.92 Å². The molecule has 0 radical (unpaired) electrons. The van der Waals surface area contributed by atoms with E-state index in [1.54, 1.807) is 6.07 Å². The smallest absolute Gasteiger partial charge is 0.123 e. The Bertz CT molecular complexity index is 738. The van der Waals surface area contributed by atoms with E-state index in [9.17, 15) is 4.39 Å². The summed E-state index contributed by atoms with van der Waals surface area (Å²) < 4.78 is 19.2. The van der Waals surface area contributed by atoms with Gasteiger partial charge in [0.2, 0.25) is 0 Å². The first-order valence-electron chi connectivity index (χ1n) is 8.21. The Hall–Kier alpha value is -2.29. The Morgan fingerprint density at radius 3 is 2.78 bits per heavy atom. The molecule has 1 aliphatic heterocycles. The molecule has 1 N–H and O–H groups in total. The quantitative estimate of drug-likeness (QED) is 0.801. The van der Waals surface area contributed by atoms with Gasteiger partial charge in [0, 0.05) is 11.6 Å². The predicted molar refractivity (Wildman–Crippen MR) is 90.4 cm³/mol. The van der Waals surface area contributed by atoms with Gasteiger partial charge in [-0.1, -0.05) is 24.3 Å². The molecule has 3 atom stereocenters. The molecule has 4 rings (SSSR count). The Kier molecular flexibility index (Phi) is 3.56. The summed E-state index contributed by atoms with van der Waals surface area (Å²) in [6.45, 7) is 2.66. The monoisotopic (exact) mass is 309 g/mol. The number of fused-ring (bicyclic) bond motifs is 3. The third-order valence-corrected chi connectivity index (χ3v) is 4.88. The van der Waals surface area contributed by atoms with E-state index in [0.29, 0.717) is 18.4 Å². The lowest BCUT2D eigenvalue weighted by Crippen LogP contribution is -2.29. The van der Waals surface area contributed by atoms with Crippen LogP contribution in [0.4, 0.5) is 10.1 Å². The van der Waals surface area contributed by atoms with Gasteiger partial charge in [0.25, 0.3) is 0 Å². The van der Waals surface area contributed by atoms with Gasteiger partial charge < -0.3 is 10.1 Å². The van der Waals surface area contributed by atoms with Gasteiger partial charge in [-0.25, -0.2) is 4.39 Å². The third kappa shape index (κ3) is 2.50. The number of halogens is 1. The number of rotatable bonds is 3. The van der Waals surface area contributed by atoms with Crippen LogP contribution in [0, 0.1) is 11.7 Å². The average molecular weight is 309 g/mol. The SMILES string of the molecule is CCOc1ccc([C@@H]2Nc3ccc(F)cc3[C@@H]3C=CC[C@@H]32)cc1. The lowest BCUT2D eigenvalue weighted by molar-refractivity contribution is 0.340. The molecule has 1 heterocycles. The summed E-state index contributed by atoms with van der Waals surface area (Å²) in [6, 6.07) is 13.6. The van der Waals surface area contributed by atoms with Gasteiger partial charge in [-0.3, -0.25) is 0 Å². The van der Waals surface area contributed by atoms with Crippen LogP contribution in [0.3, 0.4) is 0 Å².